The Labute approximate surface area is 101 Å². The van der Waals surface area contributed by atoms with E-state index in [0.717, 1.165) is 6.42 Å². The lowest BCUT2D eigenvalue weighted by Gasteiger charge is -2.22. The molecule has 17 heavy (non-hydrogen) atoms. The molecule has 0 radical (unpaired) electrons. The molecule has 0 aromatic heterocycles. The summed E-state index contributed by atoms with van der Waals surface area (Å²) >= 11 is 0. The minimum Gasteiger partial charge on any atom is -0.479 e. The van der Waals surface area contributed by atoms with E-state index in [1.807, 2.05) is 0 Å². The minimum atomic E-state index is -1.04. The topological polar surface area (TPSA) is 66.8 Å². The van der Waals surface area contributed by atoms with Crippen molar-refractivity contribution in [3.8, 4) is 0 Å². The van der Waals surface area contributed by atoms with Crippen molar-refractivity contribution in [2.45, 2.75) is 33.2 Å². The number of carbonyl (C=O) groups excluding carboxylic acids is 1. The second kappa shape index (κ2) is 5.21. The van der Waals surface area contributed by atoms with Gasteiger partial charge in [-0.1, -0.05) is 32.9 Å². The van der Waals surface area contributed by atoms with E-state index >= 15 is 0 Å². The molecule has 5 nitrogen and oxygen atoms in total. The molecule has 0 saturated carbocycles. The van der Waals surface area contributed by atoms with Crippen molar-refractivity contribution in [1.82, 2.24) is 4.90 Å². The van der Waals surface area contributed by atoms with Crippen LogP contribution in [0, 0.1) is 5.41 Å². The third-order valence-corrected chi connectivity index (χ3v) is 2.52. The number of hydrogen-bond donors (Lipinski definition) is 1. The molecule has 1 aliphatic rings. The highest BCUT2D eigenvalue weighted by atomic mass is 16.6. The number of ether oxygens (including phenoxy) is 1. The molecular weight excluding hydrogens is 222 g/mol. The molecule has 0 spiro atoms. The Kier molecular flexibility index (Phi) is 4.15. The molecular formula is C12H19NO4. The second-order valence-corrected chi connectivity index (χ2v) is 5.29. The molecule has 1 aliphatic heterocycles. The molecule has 1 N–H and O–H groups in total. The Morgan fingerprint density at radius 2 is 2.12 bits per heavy atom. The van der Waals surface area contributed by atoms with E-state index in [1.165, 1.54) is 11.0 Å². The van der Waals surface area contributed by atoms with Gasteiger partial charge in [0.2, 0.25) is 0 Å². The van der Waals surface area contributed by atoms with Crippen LogP contribution < -0.4 is 0 Å². The highest BCUT2D eigenvalue weighted by Crippen LogP contribution is 2.19. The Bertz CT molecular complexity index is 330. The van der Waals surface area contributed by atoms with Crippen molar-refractivity contribution < 1.29 is 19.4 Å². The smallest absolute Gasteiger partial charge is 0.411 e. The minimum absolute atomic E-state index is 0.0930. The third-order valence-electron chi connectivity index (χ3n) is 2.52. The van der Waals surface area contributed by atoms with Crippen LogP contribution in [0.15, 0.2) is 12.2 Å². The fourth-order valence-corrected chi connectivity index (χ4v) is 1.45. The number of carbonyl (C=O) groups is 2. The Morgan fingerprint density at radius 1 is 1.47 bits per heavy atom. The standard InChI is InChI=1S/C12H19NO4/c1-12(2,3)6-8-17-11(16)13-7-4-5-9(13)10(14)15/h4-5,9H,6-8H2,1-3H3,(H,14,15). The number of amides is 1. The van der Waals surface area contributed by atoms with E-state index in [0.29, 0.717) is 13.2 Å². The van der Waals surface area contributed by atoms with Gasteiger partial charge in [-0.05, 0) is 11.8 Å². The van der Waals surface area contributed by atoms with Crippen LogP contribution in [0.1, 0.15) is 27.2 Å². The molecule has 5 heteroatoms. The number of nitrogens with zero attached hydrogens (tertiary/aromatic N) is 1. The molecule has 1 heterocycles. The monoisotopic (exact) mass is 241 g/mol. The van der Waals surface area contributed by atoms with Gasteiger partial charge in [-0.25, -0.2) is 9.59 Å². The SMILES string of the molecule is CC(C)(C)CCOC(=O)N1CC=CC1C(=O)O. The van der Waals surface area contributed by atoms with Crippen molar-refractivity contribution in [2.75, 3.05) is 13.2 Å². The van der Waals surface area contributed by atoms with E-state index < -0.39 is 18.1 Å². The average molecular weight is 241 g/mol. The largest absolute Gasteiger partial charge is 0.479 e. The summed E-state index contributed by atoms with van der Waals surface area (Å²) in [6, 6.07) is -0.892. The van der Waals surface area contributed by atoms with Gasteiger partial charge >= 0.3 is 12.1 Å². The van der Waals surface area contributed by atoms with E-state index in [4.69, 9.17) is 9.84 Å². The van der Waals surface area contributed by atoms with E-state index in [1.54, 1.807) is 6.08 Å². The zero-order valence-corrected chi connectivity index (χ0v) is 10.5. The Balaban J connectivity index is 2.41. The van der Waals surface area contributed by atoms with Crippen LogP contribution in [-0.2, 0) is 9.53 Å². The molecule has 0 aromatic carbocycles. The quantitative estimate of drug-likeness (QED) is 0.766. The summed E-state index contributed by atoms with van der Waals surface area (Å²) in [4.78, 5) is 23.7. The van der Waals surface area contributed by atoms with Crippen molar-refractivity contribution in [2.24, 2.45) is 5.41 Å². The van der Waals surface area contributed by atoms with Crippen LogP contribution in [0.5, 0.6) is 0 Å². The molecule has 0 aromatic rings. The first-order valence-electron chi connectivity index (χ1n) is 5.64. The maximum Gasteiger partial charge on any atom is 0.411 e. The van der Waals surface area contributed by atoms with E-state index in [-0.39, 0.29) is 5.41 Å². The summed E-state index contributed by atoms with van der Waals surface area (Å²) in [5, 5.41) is 8.89. The summed E-state index contributed by atoms with van der Waals surface area (Å²) in [7, 11) is 0. The Morgan fingerprint density at radius 3 is 2.65 bits per heavy atom. The third kappa shape index (κ3) is 4.09. The highest BCUT2D eigenvalue weighted by Gasteiger charge is 2.31. The lowest BCUT2D eigenvalue weighted by Crippen LogP contribution is -2.41. The van der Waals surface area contributed by atoms with Gasteiger partial charge in [0.25, 0.3) is 0 Å². The molecule has 0 fully saturated rings. The van der Waals surface area contributed by atoms with Gasteiger partial charge in [-0.2, -0.15) is 0 Å². The zero-order valence-electron chi connectivity index (χ0n) is 10.5. The van der Waals surface area contributed by atoms with Crippen LogP contribution in [0.25, 0.3) is 0 Å². The first kappa shape index (κ1) is 13.5. The summed E-state index contributed by atoms with van der Waals surface area (Å²) < 4.78 is 5.07. The molecule has 0 bridgehead atoms. The normalized spacial score (nSPS) is 19.5. The predicted molar refractivity (Wildman–Crippen MR) is 62.7 cm³/mol. The van der Waals surface area contributed by atoms with Gasteiger partial charge < -0.3 is 9.84 Å². The highest BCUT2D eigenvalue weighted by molar-refractivity contribution is 5.83. The molecule has 0 saturated heterocycles. The average Bonchev–Trinajstić information content (AvgIpc) is 2.63. The lowest BCUT2D eigenvalue weighted by atomic mass is 9.93. The molecule has 96 valence electrons. The molecule has 1 amide bonds. The fraction of sp³-hybridized carbons (Fsp3) is 0.667. The van der Waals surface area contributed by atoms with Gasteiger partial charge in [0.05, 0.1) is 6.61 Å². The van der Waals surface area contributed by atoms with Crippen LogP contribution in [-0.4, -0.2) is 41.3 Å². The number of hydrogen-bond acceptors (Lipinski definition) is 3. The maximum absolute atomic E-state index is 11.6. The Hall–Kier alpha value is -1.52. The van der Waals surface area contributed by atoms with Crippen LogP contribution in [0.3, 0.4) is 0 Å². The summed E-state index contributed by atoms with van der Waals surface area (Å²) in [5.41, 5.74) is 0.0930. The molecule has 1 rings (SSSR count). The van der Waals surface area contributed by atoms with Crippen molar-refractivity contribution in [3.63, 3.8) is 0 Å². The summed E-state index contributed by atoms with van der Waals surface area (Å²) in [6.07, 6.45) is 3.33. The fourth-order valence-electron chi connectivity index (χ4n) is 1.45. The van der Waals surface area contributed by atoms with Crippen LogP contribution in [0.2, 0.25) is 0 Å². The van der Waals surface area contributed by atoms with E-state index in [9.17, 15) is 9.59 Å². The lowest BCUT2D eigenvalue weighted by molar-refractivity contribution is -0.140. The molecule has 0 aliphatic carbocycles. The predicted octanol–water partition coefficient (Wildman–Crippen LogP) is 1.88. The van der Waals surface area contributed by atoms with Gasteiger partial charge in [0.1, 0.15) is 0 Å². The van der Waals surface area contributed by atoms with Crippen molar-refractivity contribution in [3.05, 3.63) is 12.2 Å². The second-order valence-electron chi connectivity index (χ2n) is 5.29. The molecule has 1 atom stereocenters. The van der Waals surface area contributed by atoms with Crippen LogP contribution >= 0.6 is 0 Å². The number of aliphatic carboxylic acids is 1. The number of rotatable bonds is 3. The van der Waals surface area contributed by atoms with Gasteiger partial charge in [0, 0.05) is 6.54 Å². The van der Waals surface area contributed by atoms with Gasteiger partial charge in [-0.15, -0.1) is 0 Å². The van der Waals surface area contributed by atoms with Crippen LogP contribution in [0.4, 0.5) is 4.79 Å². The maximum atomic E-state index is 11.6. The van der Waals surface area contributed by atoms with E-state index in [2.05, 4.69) is 20.8 Å². The first-order chi connectivity index (χ1) is 7.81. The first-order valence-corrected chi connectivity index (χ1v) is 5.64. The van der Waals surface area contributed by atoms with Crippen molar-refractivity contribution in [1.29, 1.82) is 0 Å². The molecule has 1 unspecified atom stereocenters. The van der Waals surface area contributed by atoms with Gasteiger partial charge in [0.15, 0.2) is 6.04 Å². The van der Waals surface area contributed by atoms with Crippen molar-refractivity contribution >= 4 is 12.1 Å². The summed E-state index contributed by atoms with van der Waals surface area (Å²) in [6.45, 7) is 6.77. The number of carboxylic acid groups (broad SMARTS) is 1. The number of carboxylic acids is 1. The summed E-state index contributed by atoms with van der Waals surface area (Å²) in [5.74, 6) is -1.04. The zero-order chi connectivity index (χ0) is 13.1. The van der Waals surface area contributed by atoms with Gasteiger partial charge in [-0.3, -0.25) is 4.90 Å².